The Bertz CT molecular complexity index is 292. The third-order valence-electron chi connectivity index (χ3n) is 1.85. The minimum Gasteiger partial charge on any atom is -0.308 e. The first-order chi connectivity index (χ1) is 5.66. The molecule has 0 fully saturated rings. The maximum Gasteiger partial charge on any atom is 0.132 e. The van der Waals surface area contributed by atoms with Crippen molar-refractivity contribution in [3.8, 4) is 0 Å². The Morgan fingerprint density at radius 3 is 2.50 bits per heavy atom. The summed E-state index contributed by atoms with van der Waals surface area (Å²) in [6.07, 6.45) is 1.07. The molecule has 0 aliphatic heterocycles. The van der Waals surface area contributed by atoms with Gasteiger partial charge in [0, 0.05) is 11.8 Å². The monoisotopic (exact) mass is 165 g/mol. The zero-order chi connectivity index (χ0) is 9.14. The minimum absolute atomic E-state index is 0.261. The van der Waals surface area contributed by atoms with E-state index in [1.807, 2.05) is 19.9 Å². The fourth-order valence-electron chi connectivity index (χ4n) is 1.21. The Hall–Kier alpha value is -1.18. The lowest BCUT2D eigenvalue weighted by Crippen LogP contribution is -1.97. The van der Waals surface area contributed by atoms with E-state index in [9.17, 15) is 4.39 Å². The maximum absolute atomic E-state index is 13.1. The van der Waals surface area contributed by atoms with Crippen molar-refractivity contribution in [2.45, 2.75) is 19.8 Å². The van der Waals surface area contributed by atoms with Crippen molar-refractivity contribution in [3.63, 3.8) is 0 Å². The van der Waals surface area contributed by atoms with Gasteiger partial charge in [0.05, 0.1) is 0 Å². The smallest absolute Gasteiger partial charge is 0.132 e. The van der Waals surface area contributed by atoms with Crippen LogP contribution in [0.1, 0.15) is 30.9 Å². The van der Waals surface area contributed by atoms with Crippen molar-refractivity contribution < 1.29 is 4.39 Å². The van der Waals surface area contributed by atoms with Crippen LogP contribution in [0.25, 0.3) is 0 Å². The summed E-state index contributed by atoms with van der Waals surface area (Å²) in [4.78, 5) is 0. The minimum atomic E-state index is -0.309. The predicted molar refractivity (Wildman–Crippen MR) is 48.4 cm³/mol. The lowest BCUT2D eigenvalue weighted by molar-refractivity contribution is 0.621. The van der Waals surface area contributed by atoms with Crippen LogP contribution in [0, 0.1) is 11.2 Å². The highest BCUT2D eigenvalue weighted by Crippen LogP contribution is 2.19. The second-order valence-electron chi connectivity index (χ2n) is 3.04. The van der Waals surface area contributed by atoms with Crippen molar-refractivity contribution >= 4 is 6.21 Å². The van der Waals surface area contributed by atoms with Crippen molar-refractivity contribution in [2.24, 2.45) is 0 Å². The number of rotatable bonds is 2. The molecule has 0 amide bonds. The van der Waals surface area contributed by atoms with E-state index in [1.54, 1.807) is 6.07 Å². The van der Waals surface area contributed by atoms with E-state index in [0.29, 0.717) is 5.56 Å². The molecule has 0 saturated heterocycles. The molecule has 1 N–H and O–H groups in total. The molecule has 1 aromatic carbocycles. The lowest BCUT2D eigenvalue weighted by atomic mass is 9.97. The van der Waals surface area contributed by atoms with Crippen LogP contribution in [0.3, 0.4) is 0 Å². The molecule has 0 spiro atoms. The third-order valence-corrected chi connectivity index (χ3v) is 1.85. The van der Waals surface area contributed by atoms with E-state index in [4.69, 9.17) is 5.41 Å². The molecule has 1 nitrogen and oxygen atoms in total. The zero-order valence-electron chi connectivity index (χ0n) is 7.26. The first-order valence-electron chi connectivity index (χ1n) is 3.95. The highest BCUT2D eigenvalue weighted by Gasteiger charge is 2.07. The Morgan fingerprint density at radius 1 is 1.42 bits per heavy atom. The van der Waals surface area contributed by atoms with Crippen molar-refractivity contribution in [1.29, 1.82) is 5.41 Å². The van der Waals surface area contributed by atoms with Gasteiger partial charge in [-0.25, -0.2) is 4.39 Å². The van der Waals surface area contributed by atoms with Gasteiger partial charge in [0.25, 0.3) is 0 Å². The second-order valence-corrected chi connectivity index (χ2v) is 3.04. The fraction of sp³-hybridized carbons (Fsp3) is 0.300. The number of halogens is 1. The van der Waals surface area contributed by atoms with Gasteiger partial charge in [-0.2, -0.15) is 0 Å². The van der Waals surface area contributed by atoms with Crippen LogP contribution in [0.2, 0.25) is 0 Å². The lowest BCUT2D eigenvalue weighted by Gasteiger charge is -2.08. The molecule has 0 aliphatic rings. The third kappa shape index (κ3) is 1.52. The summed E-state index contributed by atoms with van der Waals surface area (Å²) in [5.41, 5.74) is 1.30. The van der Waals surface area contributed by atoms with Crippen molar-refractivity contribution in [3.05, 3.63) is 35.1 Å². The van der Waals surface area contributed by atoms with Gasteiger partial charge in [0.2, 0.25) is 0 Å². The Kier molecular flexibility index (Phi) is 2.58. The molecule has 0 aliphatic carbocycles. The highest BCUT2D eigenvalue weighted by atomic mass is 19.1. The Labute approximate surface area is 71.7 Å². The molecule has 0 heterocycles. The number of hydrogen-bond donors (Lipinski definition) is 1. The van der Waals surface area contributed by atoms with Crippen LogP contribution in [0.5, 0.6) is 0 Å². The first kappa shape index (κ1) is 8.91. The van der Waals surface area contributed by atoms with E-state index in [-0.39, 0.29) is 11.7 Å². The van der Waals surface area contributed by atoms with Crippen LogP contribution >= 0.6 is 0 Å². The van der Waals surface area contributed by atoms with Gasteiger partial charge in [-0.3, -0.25) is 0 Å². The average Bonchev–Trinajstić information content (AvgIpc) is 2.03. The molecular weight excluding hydrogens is 153 g/mol. The summed E-state index contributed by atoms with van der Waals surface area (Å²) in [5, 5.41) is 7.05. The first-order valence-corrected chi connectivity index (χ1v) is 3.95. The highest BCUT2D eigenvalue weighted by molar-refractivity contribution is 5.79. The number of hydrogen-bond acceptors (Lipinski definition) is 1. The van der Waals surface area contributed by atoms with E-state index in [2.05, 4.69) is 0 Å². The molecule has 0 bridgehead atoms. The van der Waals surface area contributed by atoms with Gasteiger partial charge >= 0.3 is 0 Å². The van der Waals surface area contributed by atoms with Gasteiger partial charge in [-0.1, -0.05) is 26.0 Å². The second kappa shape index (κ2) is 3.48. The zero-order valence-corrected chi connectivity index (χ0v) is 7.26. The Balaban J connectivity index is 3.27. The summed E-state index contributed by atoms with van der Waals surface area (Å²) < 4.78 is 13.1. The van der Waals surface area contributed by atoms with Gasteiger partial charge in [-0.05, 0) is 17.5 Å². The predicted octanol–water partition coefficient (Wildman–Crippen LogP) is 2.95. The topological polar surface area (TPSA) is 23.9 Å². The number of benzene rings is 1. The van der Waals surface area contributed by atoms with Crippen LogP contribution in [-0.4, -0.2) is 6.21 Å². The van der Waals surface area contributed by atoms with E-state index < -0.39 is 0 Å². The molecule has 0 radical (unpaired) electrons. The van der Waals surface area contributed by atoms with Crippen LogP contribution in [0.15, 0.2) is 18.2 Å². The molecule has 2 heteroatoms. The van der Waals surface area contributed by atoms with Gasteiger partial charge in [-0.15, -0.1) is 0 Å². The van der Waals surface area contributed by atoms with Gasteiger partial charge < -0.3 is 5.41 Å². The van der Waals surface area contributed by atoms with Crippen molar-refractivity contribution in [1.82, 2.24) is 0 Å². The maximum atomic E-state index is 13.1. The average molecular weight is 165 g/mol. The molecule has 0 aromatic heterocycles. The van der Waals surface area contributed by atoms with Crippen molar-refractivity contribution in [2.75, 3.05) is 0 Å². The molecule has 64 valence electrons. The SMILES string of the molecule is CC(C)c1cccc(F)c1C=N. The summed E-state index contributed by atoms with van der Waals surface area (Å²) >= 11 is 0. The van der Waals surface area contributed by atoms with Gasteiger partial charge in [0.15, 0.2) is 0 Å². The van der Waals surface area contributed by atoms with Crippen LogP contribution in [0.4, 0.5) is 4.39 Å². The summed E-state index contributed by atoms with van der Waals surface area (Å²) in [6.45, 7) is 3.98. The molecule has 0 atom stereocenters. The summed E-state index contributed by atoms with van der Waals surface area (Å²) in [6, 6.07) is 4.91. The van der Waals surface area contributed by atoms with E-state index in [0.717, 1.165) is 11.8 Å². The number of nitrogens with one attached hydrogen (secondary N) is 1. The van der Waals surface area contributed by atoms with Gasteiger partial charge in [0.1, 0.15) is 5.82 Å². The van der Waals surface area contributed by atoms with Crippen LogP contribution in [-0.2, 0) is 0 Å². The fourth-order valence-corrected chi connectivity index (χ4v) is 1.21. The summed E-state index contributed by atoms with van der Waals surface area (Å²) in [7, 11) is 0. The quantitative estimate of drug-likeness (QED) is 0.651. The standard InChI is InChI=1S/C10H12FN/c1-7(2)8-4-3-5-10(11)9(8)6-12/h3-7,12H,1-2H3. The molecule has 0 unspecified atom stereocenters. The van der Waals surface area contributed by atoms with E-state index in [1.165, 1.54) is 6.07 Å². The molecule has 1 rings (SSSR count). The van der Waals surface area contributed by atoms with Crippen LogP contribution < -0.4 is 0 Å². The largest absolute Gasteiger partial charge is 0.308 e. The molecule has 12 heavy (non-hydrogen) atoms. The summed E-state index contributed by atoms with van der Waals surface area (Å²) in [5.74, 6) is -0.0477. The van der Waals surface area contributed by atoms with E-state index >= 15 is 0 Å². The molecular formula is C10H12FN. The molecule has 1 aromatic rings. The Morgan fingerprint density at radius 2 is 2.08 bits per heavy atom. The normalized spacial score (nSPS) is 10.3. The molecule has 0 saturated carbocycles.